The molecule has 0 aliphatic heterocycles. The summed E-state index contributed by atoms with van der Waals surface area (Å²) in [6.07, 6.45) is 2.43. The van der Waals surface area contributed by atoms with E-state index in [0.29, 0.717) is 43.7 Å². The third-order valence-electron chi connectivity index (χ3n) is 5.41. The number of para-hydroxylation sites is 1. The van der Waals surface area contributed by atoms with Gasteiger partial charge in [0.2, 0.25) is 10.0 Å². The Morgan fingerprint density at radius 1 is 1.13 bits per heavy atom. The van der Waals surface area contributed by atoms with Crippen molar-refractivity contribution in [2.45, 2.75) is 43.5 Å². The third-order valence-corrected chi connectivity index (χ3v) is 7.41. The second kappa shape index (κ2) is 9.01. The second-order valence-corrected chi connectivity index (χ2v) is 9.07. The Morgan fingerprint density at radius 3 is 2.37 bits per heavy atom. The minimum Gasteiger partial charge on any atom is -0.493 e. The first-order valence-corrected chi connectivity index (χ1v) is 11.3. The van der Waals surface area contributed by atoms with Gasteiger partial charge in [-0.3, -0.25) is 10.1 Å². The summed E-state index contributed by atoms with van der Waals surface area (Å²) in [4.78, 5) is 10.5. The van der Waals surface area contributed by atoms with E-state index in [1.54, 1.807) is 14.2 Å². The number of hydrogen-bond acceptors (Lipinski definition) is 6. The van der Waals surface area contributed by atoms with Gasteiger partial charge in [-0.15, -0.1) is 0 Å². The van der Waals surface area contributed by atoms with E-state index in [2.05, 4.69) is 0 Å². The van der Waals surface area contributed by atoms with Gasteiger partial charge < -0.3 is 9.47 Å². The van der Waals surface area contributed by atoms with E-state index in [-0.39, 0.29) is 10.9 Å². The van der Waals surface area contributed by atoms with Crippen molar-refractivity contribution >= 4 is 15.7 Å². The molecule has 1 aliphatic carbocycles. The predicted molar refractivity (Wildman–Crippen MR) is 113 cm³/mol. The van der Waals surface area contributed by atoms with Crippen LogP contribution < -0.4 is 9.47 Å². The number of rotatable bonds is 8. The molecule has 0 saturated carbocycles. The Labute approximate surface area is 176 Å². The molecule has 1 unspecified atom stereocenters. The molecule has 0 N–H and O–H groups in total. The zero-order valence-electron chi connectivity index (χ0n) is 17.3. The number of aryl methyl sites for hydroxylation is 1. The van der Waals surface area contributed by atoms with E-state index in [9.17, 15) is 18.5 Å². The van der Waals surface area contributed by atoms with Gasteiger partial charge in [-0.1, -0.05) is 19.1 Å². The SMILES string of the molecule is CCCN(C1CCc2cc(OC)c(OC)cc2C1)S(=O)(=O)c1ccccc1[N+](=O)[O-]. The molecular weight excluding hydrogens is 408 g/mol. The lowest BCUT2D eigenvalue weighted by molar-refractivity contribution is -0.387. The highest BCUT2D eigenvalue weighted by atomic mass is 32.2. The van der Waals surface area contributed by atoms with Crippen LogP contribution in [0, 0.1) is 10.1 Å². The van der Waals surface area contributed by atoms with Gasteiger partial charge in [0.05, 0.1) is 19.1 Å². The van der Waals surface area contributed by atoms with Crippen LogP contribution in [0.25, 0.3) is 0 Å². The molecule has 8 nitrogen and oxygen atoms in total. The van der Waals surface area contributed by atoms with Gasteiger partial charge >= 0.3 is 0 Å². The lowest BCUT2D eigenvalue weighted by Gasteiger charge is -2.34. The van der Waals surface area contributed by atoms with Crippen molar-refractivity contribution in [3.63, 3.8) is 0 Å². The first-order chi connectivity index (χ1) is 14.3. The highest BCUT2D eigenvalue weighted by Crippen LogP contribution is 2.37. The average molecular weight is 435 g/mol. The normalized spacial score (nSPS) is 16.2. The fourth-order valence-electron chi connectivity index (χ4n) is 3.98. The second-order valence-electron chi connectivity index (χ2n) is 7.21. The van der Waals surface area contributed by atoms with Crippen molar-refractivity contribution in [3.05, 3.63) is 57.6 Å². The van der Waals surface area contributed by atoms with Crippen molar-refractivity contribution < 1.29 is 22.8 Å². The molecule has 9 heteroatoms. The minimum absolute atomic E-state index is 0.262. The minimum atomic E-state index is -4.03. The van der Waals surface area contributed by atoms with Gasteiger partial charge in [-0.05, 0) is 55.0 Å². The van der Waals surface area contributed by atoms with Gasteiger partial charge in [-0.25, -0.2) is 8.42 Å². The maximum absolute atomic E-state index is 13.5. The molecule has 30 heavy (non-hydrogen) atoms. The van der Waals surface area contributed by atoms with Crippen LogP contribution in [0.4, 0.5) is 5.69 Å². The Hall–Kier alpha value is -2.65. The molecule has 3 rings (SSSR count). The number of benzene rings is 2. The zero-order valence-corrected chi connectivity index (χ0v) is 18.1. The van der Waals surface area contributed by atoms with Crippen LogP contribution in [-0.2, 0) is 22.9 Å². The van der Waals surface area contributed by atoms with Crippen molar-refractivity contribution in [1.29, 1.82) is 0 Å². The Balaban J connectivity index is 1.99. The first-order valence-electron chi connectivity index (χ1n) is 9.82. The lowest BCUT2D eigenvalue weighted by Crippen LogP contribution is -2.44. The van der Waals surface area contributed by atoms with E-state index in [0.717, 1.165) is 11.1 Å². The molecule has 0 fully saturated rings. The fourth-order valence-corrected chi connectivity index (χ4v) is 5.89. The molecule has 0 amide bonds. The average Bonchev–Trinajstić information content (AvgIpc) is 2.75. The van der Waals surface area contributed by atoms with Crippen molar-refractivity contribution in [2.24, 2.45) is 0 Å². The van der Waals surface area contributed by atoms with Gasteiger partial charge in [0.25, 0.3) is 5.69 Å². The molecule has 1 atom stereocenters. The monoisotopic (exact) mass is 434 g/mol. The summed E-state index contributed by atoms with van der Waals surface area (Å²) in [5, 5.41) is 11.4. The van der Waals surface area contributed by atoms with Crippen LogP contribution in [-0.4, -0.2) is 44.5 Å². The van der Waals surface area contributed by atoms with Crippen molar-refractivity contribution in [3.8, 4) is 11.5 Å². The number of methoxy groups -OCH3 is 2. The summed E-state index contributed by atoms with van der Waals surface area (Å²) in [7, 11) is -0.890. The molecular formula is C21H26N2O6S. The lowest BCUT2D eigenvalue weighted by atomic mass is 9.87. The van der Waals surface area contributed by atoms with E-state index < -0.39 is 20.6 Å². The maximum atomic E-state index is 13.5. The number of fused-ring (bicyclic) bond motifs is 1. The fraction of sp³-hybridized carbons (Fsp3) is 0.429. The number of nitro groups is 1. The Morgan fingerprint density at radius 2 is 1.77 bits per heavy atom. The molecule has 1 aliphatic rings. The number of hydrogen-bond donors (Lipinski definition) is 0. The summed E-state index contributed by atoms with van der Waals surface area (Å²) in [6.45, 7) is 2.19. The quantitative estimate of drug-likeness (QED) is 0.465. The third kappa shape index (κ3) is 4.13. The summed E-state index contributed by atoms with van der Waals surface area (Å²) in [5.74, 6) is 1.24. The maximum Gasteiger partial charge on any atom is 0.289 e. The molecule has 0 heterocycles. The summed E-state index contributed by atoms with van der Waals surface area (Å²) >= 11 is 0. The topological polar surface area (TPSA) is 99.0 Å². The van der Waals surface area contributed by atoms with Gasteiger partial charge in [0, 0.05) is 18.7 Å². The van der Waals surface area contributed by atoms with Gasteiger partial charge in [0.15, 0.2) is 16.4 Å². The highest BCUT2D eigenvalue weighted by Gasteiger charge is 2.37. The summed E-state index contributed by atoms with van der Waals surface area (Å²) in [5.41, 5.74) is 1.70. The van der Waals surface area contributed by atoms with E-state index in [1.807, 2.05) is 19.1 Å². The van der Waals surface area contributed by atoms with Crippen LogP contribution in [0.15, 0.2) is 41.3 Å². The molecule has 0 radical (unpaired) electrons. The van der Waals surface area contributed by atoms with Gasteiger partial charge in [0.1, 0.15) is 0 Å². The van der Waals surface area contributed by atoms with Crippen LogP contribution in [0.2, 0.25) is 0 Å². The molecule has 2 aromatic rings. The van der Waals surface area contributed by atoms with Crippen molar-refractivity contribution in [1.82, 2.24) is 4.31 Å². The summed E-state index contributed by atoms with van der Waals surface area (Å²) in [6, 6.07) is 9.05. The molecule has 0 spiro atoms. The number of sulfonamides is 1. The number of nitro benzene ring substituents is 1. The number of ether oxygens (including phenoxy) is 2. The Bertz CT molecular complexity index is 1040. The zero-order chi connectivity index (χ0) is 21.9. The molecule has 0 aromatic heterocycles. The highest BCUT2D eigenvalue weighted by molar-refractivity contribution is 7.89. The van der Waals surface area contributed by atoms with Crippen LogP contribution >= 0.6 is 0 Å². The van der Waals surface area contributed by atoms with E-state index in [4.69, 9.17) is 9.47 Å². The molecule has 0 bridgehead atoms. The first kappa shape index (κ1) is 22.0. The largest absolute Gasteiger partial charge is 0.493 e. The molecule has 162 valence electrons. The van der Waals surface area contributed by atoms with E-state index in [1.165, 1.54) is 28.6 Å². The number of nitrogens with zero attached hydrogens (tertiary/aromatic N) is 2. The molecule has 2 aromatic carbocycles. The predicted octanol–water partition coefficient (Wildman–Crippen LogP) is 3.57. The molecule has 0 saturated heterocycles. The summed E-state index contributed by atoms with van der Waals surface area (Å²) < 4.78 is 39.1. The standard InChI is InChI=1S/C21H26N2O6S/c1-4-11-22(30(26,27)21-8-6-5-7-18(21)23(24)25)17-10-9-15-13-19(28-2)20(29-3)14-16(15)12-17/h5-8,13-14,17H,4,9-12H2,1-3H3. The van der Waals surface area contributed by atoms with Crippen LogP contribution in [0.1, 0.15) is 30.9 Å². The Kier molecular flexibility index (Phi) is 6.62. The smallest absolute Gasteiger partial charge is 0.289 e. The van der Waals surface area contributed by atoms with Crippen LogP contribution in [0.3, 0.4) is 0 Å². The van der Waals surface area contributed by atoms with Crippen molar-refractivity contribution in [2.75, 3.05) is 20.8 Å². The van der Waals surface area contributed by atoms with E-state index >= 15 is 0 Å². The van der Waals surface area contributed by atoms with Crippen LogP contribution in [0.5, 0.6) is 11.5 Å². The van der Waals surface area contributed by atoms with Gasteiger partial charge in [-0.2, -0.15) is 4.31 Å².